The molecule has 0 amide bonds. The standard InChI is InChI=1S/C15H18ClNO/c16-12-9-7-11(8-10-12)15-13-5-3-1-2-4-6-14(13)18-17-15/h7-10,13-14H,1-6H2/t13-,14+/m1/s1. The zero-order valence-electron chi connectivity index (χ0n) is 10.4. The summed E-state index contributed by atoms with van der Waals surface area (Å²) in [5.74, 6) is 0.478. The highest BCUT2D eigenvalue weighted by Gasteiger charge is 2.34. The fourth-order valence-corrected chi connectivity index (χ4v) is 3.09. The van der Waals surface area contributed by atoms with Crippen LogP contribution in [0.25, 0.3) is 0 Å². The smallest absolute Gasteiger partial charge is 0.136 e. The predicted octanol–water partition coefficient (Wildman–Crippen LogP) is 4.41. The van der Waals surface area contributed by atoms with Crippen molar-refractivity contribution in [1.82, 2.24) is 0 Å². The first kappa shape index (κ1) is 12.0. The van der Waals surface area contributed by atoms with Crippen molar-refractivity contribution >= 4 is 17.3 Å². The molecule has 0 unspecified atom stereocenters. The number of hydrogen-bond acceptors (Lipinski definition) is 2. The Bertz CT molecular complexity index is 440. The maximum Gasteiger partial charge on any atom is 0.136 e. The fraction of sp³-hybridized carbons (Fsp3) is 0.533. The quantitative estimate of drug-likeness (QED) is 0.735. The van der Waals surface area contributed by atoms with Crippen LogP contribution in [-0.4, -0.2) is 11.8 Å². The van der Waals surface area contributed by atoms with Gasteiger partial charge in [0.1, 0.15) is 6.10 Å². The number of rotatable bonds is 1. The van der Waals surface area contributed by atoms with Gasteiger partial charge in [0.25, 0.3) is 0 Å². The lowest BCUT2D eigenvalue weighted by molar-refractivity contribution is 0.0479. The fourth-order valence-electron chi connectivity index (χ4n) is 2.97. The molecule has 1 aliphatic carbocycles. The van der Waals surface area contributed by atoms with Gasteiger partial charge < -0.3 is 4.84 Å². The summed E-state index contributed by atoms with van der Waals surface area (Å²) < 4.78 is 0. The van der Waals surface area contributed by atoms with Crippen molar-refractivity contribution in [2.45, 2.75) is 44.6 Å². The summed E-state index contributed by atoms with van der Waals surface area (Å²) >= 11 is 5.93. The lowest BCUT2D eigenvalue weighted by Crippen LogP contribution is -2.25. The number of halogens is 1. The van der Waals surface area contributed by atoms with Crippen molar-refractivity contribution in [2.75, 3.05) is 0 Å². The van der Waals surface area contributed by atoms with Crippen LogP contribution < -0.4 is 0 Å². The van der Waals surface area contributed by atoms with Crippen LogP contribution in [0.3, 0.4) is 0 Å². The molecule has 1 aromatic carbocycles. The van der Waals surface area contributed by atoms with Gasteiger partial charge in [0, 0.05) is 10.9 Å². The number of oxime groups is 1. The third kappa shape index (κ3) is 2.39. The van der Waals surface area contributed by atoms with Crippen molar-refractivity contribution in [2.24, 2.45) is 11.1 Å². The molecule has 96 valence electrons. The Morgan fingerprint density at radius 3 is 2.50 bits per heavy atom. The van der Waals surface area contributed by atoms with E-state index in [9.17, 15) is 0 Å². The normalized spacial score (nSPS) is 27.7. The lowest BCUT2D eigenvalue weighted by Gasteiger charge is -2.21. The van der Waals surface area contributed by atoms with Gasteiger partial charge in [0.05, 0.1) is 5.71 Å². The maximum absolute atomic E-state index is 5.93. The molecule has 0 spiro atoms. The highest BCUT2D eigenvalue weighted by Crippen LogP contribution is 2.33. The first-order valence-corrected chi connectivity index (χ1v) is 7.22. The summed E-state index contributed by atoms with van der Waals surface area (Å²) in [4.78, 5) is 5.64. The monoisotopic (exact) mass is 263 g/mol. The SMILES string of the molecule is Clc1ccc(C2=NO[C@H]3CCCCCC[C@@H]23)cc1. The summed E-state index contributed by atoms with van der Waals surface area (Å²) in [7, 11) is 0. The zero-order chi connectivity index (χ0) is 12.4. The second-order valence-corrected chi connectivity index (χ2v) is 5.66. The minimum absolute atomic E-state index is 0.302. The highest BCUT2D eigenvalue weighted by molar-refractivity contribution is 6.30. The van der Waals surface area contributed by atoms with Crippen LogP contribution in [0.15, 0.2) is 29.4 Å². The van der Waals surface area contributed by atoms with Gasteiger partial charge in [-0.05, 0) is 37.0 Å². The molecule has 0 bridgehead atoms. The van der Waals surface area contributed by atoms with Crippen LogP contribution in [0.4, 0.5) is 0 Å². The molecule has 1 aliphatic heterocycles. The number of hydrogen-bond donors (Lipinski definition) is 0. The van der Waals surface area contributed by atoms with E-state index in [-0.39, 0.29) is 0 Å². The summed E-state index contributed by atoms with van der Waals surface area (Å²) in [6.07, 6.45) is 7.88. The van der Waals surface area contributed by atoms with Crippen molar-refractivity contribution in [3.05, 3.63) is 34.9 Å². The molecule has 3 heteroatoms. The van der Waals surface area contributed by atoms with Crippen LogP contribution in [0.2, 0.25) is 5.02 Å². The van der Waals surface area contributed by atoms with Gasteiger partial charge in [0.2, 0.25) is 0 Å². The molecule has 0 N–H and O–H groups in total. The van der Waals surface area contributed by atoms with E-state index in [1.54, 1.807) is 0 Å². The van der Waals surface area contributed by atoms with Crippen LogP contribution in [0.1, 0.15) is 44.1 Å². The van der Waals surface area contributed by atoms with E-state index in [0.717, 1.165) is 22.7 Å². The second kappa shape index (κ2) is 5.31. The molecular weight excluding hydrogens is 246 g/mol. The molecule has 0 aromatic heterocycles. The summed E-state index contributed by atoms with van der Waals surface area (Å²) in [5.41, 5.74) is 2.28. The Balaban J connectivity index is 1.81. The minimum Gasteiger partial charge on any atom is -0.392 e. The maximum atomic E-state index is 5.93. The average molecular weight is 264 g/mol. The van der Waals surface area contributed by atoms with Gasteiger partial charge in [-0.15, -0.1) is 0 Å². The Kier molecular flexibility index (Phi) is 3.55. The van der Waals surface area contributed by atoms with E-state index in [0.29, 0.717) is 12.0 Å². The van der Waals surface area contributed by atoms with Gasteiger partial charge in [-0.2, -0.15) is 0 Å². The zero-order valence-corrected chi connectivity index (χ0v) is 11.2. The molecule has 3 rings (SSSR count). The molecule has 1 fully saturated rings. The lowest BCUT2D eigenvalue weighted by atomic mass is 9.84. The van der Waals surface area contributed by atoms with Gasteiger partial charge in [-0.3, -0.25) is 0 Å². The Hall–Kier alpha value is -1.02. The molecular formula is C15H18ClNO. The molecule has 2 atom stereocenters. The largest absolute Gasteiger partial charge is 0.392 e. The van der Waals surface area contributed by atoms with E-state index in [2.05, 4.69) is 5.16 Å². The van der Waals surface area contributed by atoms with E-state index in [1.165, 1.54) is 32.1 Å². The molecule has 18 heavy (non-hydrogen) atoms. The van der Waals surface area contributed by atoms with Crippen LogP contribution in [0, 0.1) is 5.92 Å². The number of benzene rings is 1. The first-order chi connectivity index (χ1) is 8.84. The van der Waals surface area contributed by atoms with E-state index < -0.39 is 0 Å². The highest BCUT2D eigenvalue weighted by atomic mass is 35.5. The molecule has 1 aromatic rings. The summed E-state index contributed by atoms with van der Waals surface area (Å²) in [6, 6.07) is 7.95. The third-order valence-corrected chi connectivity index (χ3v) is 4.23. The molecule has 1 heterocycles. The third-order valence-electron chi connectivity index (χ3n) is 3.98. The molecule has 0 saturated heterocycles. The second-order valence-electron chi connectivity index (χ2n) is 5.23. The van der Waals surface area contributed by atoms with Crippen LogP contribution in [-0.2, 0) is 4.84 Å². The van der Waals surface area contributed by atoms with Crippen molar-refractivity contribution < 1.29 is 4.84 Å². The van der Waals surface area contributed by atoms with Crippen LogP contribution >= 0.6 is 11.6 Å². The topological polar surface area (TPSA) is 21.6 Å². The number of nitrogens with zero attached hydrogens (tertiary/aromatic N) is 1. The van der Waals surface area contributed by atoms with Gasteiger partial charge >= 0.3 is 0 Å². The first-order valence-electron chi connectivity index (χ1n) is 6.84. The van der Waals surface area contributed by atoms with Crippen LogP contribution in [0.5, 0.6) is 0 Å². The van der Waals surface area contributed by atoms with E-state index in [4.69, 9.17) is 16.4 Å². The van der Waals surface area contributed by atoms with Crippen molar-refractivity contribution in [1.29, 1.82) is 0 Å². The van der Waals surface area contributed by atoms with Crippen molar-refractivity contribution in [3.8, 4) is 0 Å². The van der Waals surface area contributed by atoms with E-state index in [1.807, 2.05) is 24.3 Å². The molecule has 2 aliphatic rings. The van der Waals surface area contributed by atoms with Gasteiger partial charge in [0.15, 0.2) is 0 Å². The Labute approximate surface area is 113 Å². The summed E-state index contributed by atoms with van der Waals surface area (Å²) in [5, 5.41) is 5.11. The minimum atomic E-state index is 0.302. The molecule has 0 radical (unpaired) electrons. The molecule has 2 nitrogen and oxygen atoms in total. The Morgan fingerprint density at radius 2 is 1.72 bits per heavy atom. The Morgan fingerprint density at radius 1 is 1.00 bits per heavy atom. The number of fused-ring (bicyclic) bond motifs is 1. The van der Waals surface area contributed by atoms with E-state index >= 15 is 0 Å². The predicted molar refractivity (Wildman–Crippen MR) is 74.1 cm³/mol. The van der Waals surface area contributed by atoms with Gasteiger partial charge in [-0.25, -0.2) is 0 Å². The molecule has 1 saturated carbocycles. The van der Waals surface area contributed by atoms with Gasteiger partial charge in [-0.1, -0.05) is 48.2 Å². The summed E-state index contributed by atoms with van der Waals surface area (Å²) in [6.45, 7) is 0. The van der Waals surface area contributed by atoms with Crippen molar-refractivity contribution in [3.63, 3.8) is 0 Å². The average Bonchev–Trinajstić information content (AvgIpc) is 2.72.